The fourth-order valence-corrected chi connectivity index (χ4v) is 2.82. The summed E-state index contributed by atoms with van der Waals surface area (Å²) in [5.41, 5.74) is 1.09. The van der Waals surface area contributed by atoms with E-state index >= 15 is 0 Å². The molecule has 0 atom stereocenters. The number of thiophene rings is 1. The van der Waals surface area contributed by atoms with Crippen LogP contribution >= 0.6 is 11.3 Å². The van der Waals surface area contributed by atoms with Crippen LogP contribution in [0.4, 0.5) is 0 Å². The molecule has 0 unspecified atom stereocenters. The Morgan fingerprint density at radius 2 is 2.22 bits per heavy atom. The number of hydrogen-bond acceptors (Lipinski definition) is 3. The summed E-state index contributed by atoms with van der Waals surface area (Å²) in [5, 5.41) is 8.15. The van der Waals surface area contributed by atoms with E-state index in [-0.39, 0.29) is 0 Å². The highest BCUT2D eigenvalue weighted by Gasteiger charge is 2.20. The lowest BCUT2D eigenvalue weighted by molar-refractivity contribution is 0.534. The van der Waals surface area contributed by atoms with Crippen molar-refractivity contribution < 1.29 is 0 Å². The monoisotopic (exact) mass is 261 g/mol. The van der Waals surface area contributed by atoms with Gasteiger partial charge in [-0.2, -0.15) is 5.10 Å². The van der Waals surface area contributed by atoms with Gasteiger partial charge in [0.1, 0.15) is 5.69 Å². The van der Waals surface area contributed by atoms with Gasteiger partial charge in [-0.15, -0.1) is 11.3 Å². The first-order chi connectivity index (χ1) is 8.72. The van der Waals surface area contributed by atoms with E-state index in [1.54, 1.807) is 0 Å². The van der Waals surface area contributed by atoms with Crippen LogP contribution in [-0.4, -0.2) is 15.8 Å². The number of hydrogen-bond donors (Lipinski definition) is 1. The average Bonchev–Trinajstić information content (AvgIpc) is 2.88. The quantitative estimate of drug-likeness (QED) is 0.893. The van der Waals surface area contributed by atoms with Gasteiger partial charge in [-0.25, -0.2) is 0 Å². The maximum Gasteiger partial charge on any atom is 0.102 e. The van der Waals surface area contributed by atoms with Gasteiger partial charge in [0.15, 0.2) is 0 Å². The van der Waals surface area contributed by atoms with Crippen LogP contribution in [0, 0.1) is 0 Å². The van der Waals surface area contributed by atoms with Crippen LogP contribution in [0.5, 0.6) is 0 Å². The lowest BCUT2D eigenvalue weighted by Gasteiger charge is -2.03. The summed E-state index contributed by atoms with van der Waals surface area (Å²) in [6.45, 7) is 5.30. The van der Waals surface area contributed by atoms with Crippen LogP contribution in [0.15, 0.2) is 24.4 Å². The van der Waals surface area contributed by atoms with E-state index in [1.807, 2.05) is 16.0 Å². The second-order valence-electron chi connectivity index (χ2n) is 5.20. The highest BCUT2D eigenvalue weighted by Crippen LogP contribution is 2.28. The molecule has 2 aromatic heterocycles. The molecular formula is C14H19N3S. The molecule has 0 radical (unpaired) electrons. The third kappa shape index (κ3) is 2.65. The van der Waals surface area contributed by atoms with Crippen molar-refractivity contribution in [2.75, 3.05) is 0 Å². The van der Waals surface area contributed by atoms with Crippen LogP contribution in [0.1, 0.15) is 37.6 Å². The van der Waals surface area contributed by atoms with Crippen molar-refractivity contribution in [3.05, 3.63) is 29.3 Å². The van der Waals surface area contributed by atoms with Gasteiger partial charge in [-0.05, 0) is 44.9 Å². The molecule has 0 spiro atoms. The molecule has 1 N–H and O–H groups in total. The second-order valence-corrected chi connectivity index (χ2v) is 6.36. The van der Waals surface area contributed by atoms with Gasteiger partial charge < -0.3 is 5.32 Å². The van der Waals surface area contributed by atoms with E-state index in [9.17, 15) is 0 Å². The molecule has 3 rings (SSSR count). The lowest BCUT2D eigenvalue weighted by atomic mass is 10.3. The van der Waals surface area contributed by atoms with Gasteiger partial charge in [0, 0.05) is 29.7 Å². The Morgan fingerprint density at radius 3 is 2.89 bits per heavy atom. The van der Waals surface area contributed by atoms with Gasteiger partial charge in [-0.1, -0.05) is 0 Å². The lowest BCUT2D eigenvalue weighted by Crippen LogP contribution is -2.14. The Kier molecular flexibility index (Phi) is 3.22. The van der Waals surface area contributed by atoms with E-state index in [0.717, 1.165) is 18.3 Å². The summed E-state index contributed by atoms with van der Waals surface area (Å²) in [4.78, 5) is 2.66. The number of nitrogens with zero attached hydrogens (tertiary/aromatic N) is 2. The van der Waals surface area contributed by atoms with Gasteiger partial charge >= 0.3 is 0 Å². The first-order valence-corrected chi connectivity index (χ1v) is 7.41. The molecule has 0 bridgehead atoms. The van der Waals surface area contributed by atoms with Crippen LogP contribution in [-0.2, 0) is 6.54 Å². The highest BCUT2D eigenvalue weighted by atomic mass is 32.1. The minimum atomic E-state index is 0.426. The van der Waals surface area contributed by atoms with Gasteiger partial charge in [-0.3, -0.25) is 4.68 Å². The molecule has 96 valence electrons. The third-order valence-electron chi connectivity index (χ3n) is 3.19. The SMILES string of the molecule is CC(C)n1ccc(-c2ccc(CNC3CC3)s2)n1. The second kappa shape index (κ2) is 4.86. The summed E-state index contributed by atoms with van der Waals surface area (Å²) in [5.74, 6) is 0. The van der Waals surface area contributed by atoms with Crippen LogP contribution in [0.25, 0.3) is 10.6 Å². The zero-order valence-electron chi connectivity index (χ0n) is 10.9. The number of aromatic nitrogens is 2. The predicted molar refractivity (Wildman–Crippen MR) is 75.8 cm³/mol. The van der Waals surface area contributed by atoms with Crippen molar-refractivity contribution in [1.82, 2.24) is 15.1 Å². The minimum Gasteiger partial charge on any atom is -0.309 e. The Labute approximate surface area is 112 Å². The zero-order chi connectivity index (χ0) is 12.5. The highest BCUT2D eigenvalue weighted by molar-refractivity contribution is 7.15. The summed E-state index contributed by atoms with van der Waals surface area (Å²) in [6.07, 6.45) is 4.75. The first-order valence-electron chi connectivity index (χ1n) is 6.60. The smallest absolute Gasteiger partial charge is 0.102 e. The molecule has 4 heteroatoms. The largest absolute Gasteiger partial charge is 0.309 e. The molecule has 2 aromatic rings. The van der Waals surface area contributed by atoms with Crippen molar-refractivity contribution in [2.24, 2.45) is 0 Å². The van der Waals surface area contributed by atoms with Crippen molar-refractivity contribution in [2.45, 2.75) is 45.3 Å². The molecule has 0 aromatic carbocycles. The van der Waals surface area contributed by atoms with Crippen LogP contribution in [0.3, 0.4) is 0 Å². The molecule has 0 amide bonds. The van der Waals surface area contributed by atoms with Crippen molar-refractivity contribution >= 4 is 11.3 Å². The van der Waals surface area contributed by atoms with E-state index in [4.69, 9.17) is 0 Å². The Balaban J connectivity index is 1.70. The van der Waals surface area contributed by atoms with Crippen LogP contribution in [0.2, 0.25) is 0 Å². The van der Waals surface area contributed by atoms with Crippen LogP contribution < -0.4 is 5.32 Å². The number of rotatable bonds is 5. The summed E-state index contributed by atoms with van der Waals surface area (Å²) >= 11 is 1.84. The maximum atomic E-state index is 4.61. The summed E-state index contributed by atoms with van der Waals surface area (Å²) in [7, 11) is 0. The van der Waals surface area contributed by atoms with Gasteiger partial charge in [0.25, 0.3) is 0 Å². The van der Waals surface area contributed by atoms with E-state index in [2.05, 4.69) is 48.7 Å². The Bertz CT molecular complexity index is 523. The molecule has 0 aliphatic heterocycles. The topological polar surface area (TPSA) is 29.9 Å². The predicted octanol–water partition coefficient (Wildman–Crippen LogP) is 3.44. The molecule has 1 saturated carbocycles. The van der Waals surface area contributed by atoms with Crippen molar-refractivity contribution in [3.63, 3.8) is 0 Å². The summed E-state index contributed by atoms with van der Waals surface area (Å²) in [6, 6.07) is 7.69. The Hall–Kier alpha value is -1.13. The zero-order valence-corrected chi connectivity index (χ0v) is 11.7. The first kappa shape index (κ1) is 11.9. The molecule has 3 nitrogen and oxygen atoms in total. The Morgan fingerprint density at radius 1 is 1.39 bits per heavy atom. The molecule has 1 aliphatic rings. The third-order valence-corrected chi connectivity index (χ3v) is 4.30. The van der Waals surface area contributed by atoms with E-state index in [1.165, 1.54) is 22.6 Å². The fraction of sp³-hybridized carbons (Fsp3) is 0.500. The molecule has 0 saturated heterocycles. The van der Waals surface area contributed by atoms with E-state index < -0.39 is 0 Å². The minimum absolute atomic E-state index is 0.426. The average molecular weight is 261 g/mol. The number of nitrogens with one attached hydrogen (secondary N) is 1. The summed E-state index contributed by atoms with van der Waals surface area (Å²) < 4.78 is 2.01. The standard InChI is InChI=1S/C14H19N3S/c1-10(2)17-8-7-13(16-17)14-6-5-12(18-14)9-15-11-3-4-11/h5-8,10-11,15H,3-4,9H2,1-2H3. The van der Waals surface area contributed by atoms with Crippen molar-refractivity contribution in [3.8, 4) is 10.6 Å². The molecular weight excluding hydrogens is 242 g/mol. The van der Waals surface area contributed by atoms with Gasteiger partial charge in [0.2, 0.25) is 0 Å². The normalized spacial score (nSPS) is 15.5. The van der Waals surface area contributed by atoms with Crippen molar-refractivity contribution in [1.29, 1.82) is 0 Å². The maximum absolute atomic E-state index is 4.61. The fourth-order valence-electron chi connectivity index (χ4n) is 1.90. The molecule has 1 aliphatic carbocycles. The molecule has 1 fully saturated rings. The molecule has 2 heterocycles. The van der Waals surface area contributed by atoms with E-state index in [0.29, 0.717) is 6.04 Å². The molecule has 18 heavy (non-hydrogen) atoms. The van der Waals surface area contributed by atoms with Gasteiger partial charge in [0.05, 0.1) is 4.88 Å².